The summed E-state index contributed by atoms with van der Waals surface area (Å²) in [7, 11) is 3.89. The molecule has 0 atom stereocenters. The molecule has 0 heterocycles. The van der Waals surface area contributed by atoms with Crippen molar-refractivity contribution < 1.29 is 41.8 Å². The molecule has 2 amide bonds. The van der Waals surface area contributed by atoms with Gasteiger partial charge in [-0.15, -0.1) is 0 Å². The van der Waals surface area contributed by atoms with Crippen LogP contribution in [0.4, 0.5) is 0 Å². The molecule has 0 bridgehead atoms. The van der Waals surface area contributed by atoms with Crippen molar-refractivity contribution in [3.05, 3.63) is 12.2 Å². The third kappa shape index (κ3) is 26.0. The van der Waals surface area contributed by atoms with Gasteiger partial charge in [0.05, 0.1) is 46.2 Å². The lowest BCUT2D eigenvalue weighted by Crippen LogP contribution is -2.43. The average Bonchev–Trinajstić information content (AvgIpc) is 2.98. The number of hydrogen-bond donors (Lipinski definition) is 2. The maximum atomic E-state index is 12.0. The molecular formula is C29H58N2O9Si. The van der Waals surface area contributed by atoms with Crippen LogP contribution in [0.15, 0.2) is 12.2 Å². The molecule has 0 spiro atoms. The van der Waals surface area contributed by atoms with Gasteiger partial charge in [-0.3, -0.25) is 9.59 Å². The second-order valence-electron chi connectivity index (χ2n) is 9.64. The summed E-state index contributed by atoms with van der Waals surface area (Å²) in [5.74, 6) is 0.0239. The third-order valence-electron chi connectivity index (χ3n) is 6.43. The maximum Gasteiger partial charge on any atom is 0.500 e. The smallest absolute Gasteiger partial charge is 0.382 e. The van der Waals surface area contributed by atoms with Gasteiger partial charge in [0.25, 0.3) is 0 Å². The van der Waals surface area contributed by atoms with Gasteiger partial charge >= 0.3 is 8.80 Å². The number of carbonyl (C=O) groups is 2. The van der Waals surface area contributed by atoms with Crippen LogP contribution in [0.25, 0.3) is 0 Å². The molecule has 0 rings (SSSR count). The summed E-state index contributed by atoms with van der Waals surface area (Å²) in [5, 5.41) is 5.79. The van der Waals surface area contributed by atoms with Gasteiger partial charge in [0, 0.05) is 54.0 Å². The molecule has 0 aromatic carbocycles. The largest absolute Gasteiger partial charge is 0.500 e. The molecule has 242 valence electrons. The predicted octanol–water partition coefficient (Wildman–Crippen LogP) is 3.64. The first-order chi connectivity index (χ1) is 20.0. The Bertz CT molecular complexity index is 629. The highest BCUT2D eigenvalue weighted by Crippen LogP contribution is 2.14. The Morgan fingerprint density at radius 3 is 1.73 bits per heavy atom. The van der Waals surface area contributed by atoms with Crippen molar-refractivity contribution >= 4 is 20.6 Å². The van der Waals surface area contributed by atoms with Crippen molar-refractivity contribution in [2.24, 2.45) is 0 Å². The van der Waals surface area contributed by atoms with Crippen molar-refractivity contribution in [3.8, 4) is 0 Å². The molecule has 12 heteroatoms. The van der Waals surface area contributed by atoms with Gasteiger partial charge in [0.15, 0.2) is 0 Å². The quantitative estimate of drug-likeness (QED) is 0.0692. The van der Waals surface area contributed by atoms with Crippen LogP contribution in [-0.4, -0.2) is 108 Å². The summed E-state index contributed by atoms with van der Waals surface area (Å²) in [6.45, 7) is 4.78. The highest BCUT2D eigenvalue weighted by Gasteiger charge is 2.36. The number of allylic oxidation sites excluding steroid dienone is 1. The molecule has 0 unspecified atom stereocenters. The van der Waals surface area contributed by atoms with E-state index in [1.165, 1.54) is 25.7 Å². The van der Waals surface area contributed by atoms with Crippen molar-refractivity contribution in [3.63, 3.8) is 0 Å². The fourth-order valence-corrected chi connectivity index (χ4v) is 5.69. The zero-order chi connectivity index (χ0) is 30.3. The summed E-state index contributed by atoms with van der Waals surface area (Å²) in [6, 6.07) is 0.684. The van der Waals surface area contributed by atoms with Crippen LogP contribution in [0.3, 0.4) is 0 Å². The molecule has 0 aromatic heterocycles. The molecule has 11 nitrogen and oxygen atoms in total. The van der Waals surface area contributed by atoms with E-state index in [1.54, 1.807) is 34.5 Å². The number of unbranched alkanes of at least 4 members (excludes halogenated alkanes) is 8. The minimum Gasteiger partial charge on any atom is -0.382 e. The Morgan fingerprint density at radius 2 is 1.15 bits per heavy atom. The maximum absolute atomic E-state index is 12.0. The first-order valence-electron chi connectivity index (χ1n) is 15.1. The van der Waals surface area contributed by atoms with E-state index in [0.29, 0.717) is 71.8 Å². The van der Waals surface area contributed by atoms with Gasteiger partial charge in [-0.25, -0.2) is 0 Å². The summed E-state index contributed by atoms with van der Waals surface area (Å²) >= 11 is 0. The molecule has 0 saturated carbocycles. The van der Waals surface area contributed by atoms with Crippen LogP contribution in [-0.2, 0) is 41.8 Å². The number of nitrogens with one attached hydrogen (secondary N) is 2. The van der Waals surface area contributed by atoms with Gasteiger partial charge in [0.2, 0.25) is 11.8 Å². The molecule has 0 aliphatic heterocycles. The van der Waals surface area contributed by atoms with Crippen LogP contribution in [0, 0.1) is 0 Å². The van der Waals surface area contributed by atoms with Gasteiger partial charge in [-0.05, 0) is 31.8 Å². The van der Waals surface area contributed by atoms with Gasteiger partial charge in [0.1, 0.15) is 0 Å². The van der Waals surface area contributed by atoms with Crippen molar-refractivity contribution in [2.75, 3.05) is 87.8 Å². The van der Waals surface area contributed by atoms with Crippen LogP contribution < -0.4 is 10.6 Å². The summed E-state index contributed by atoms with van der Waals surface area (Å²) < 4.78 is 37.2. The van der Waals surface area contributed by atoms with Gasteiger partial charge in [-0.1, -0.05) is 44.6 Å². The summed E-state index contributed by atoms with van der Waals surface area (Å²) in [6.07, 6.45) is 14.9. The first kappa shape index (κ1) is 39.6. The van der Waals surface area contributed by atoms with Crippen LogP contribution in [0.5, 0.6) is 0 Å². The third-order valence-corrected chi connectivity index (χ3v) is 9.26. The number of methoxy groups -OCH3 is 1. The molecule has 0 saturated heterocycles. The van der Waals surface area contributed by atoms with E-state index in [-0.39, 0.29) is 11.8 Å². The molecule has 2 N–H and O–H groups in total. The lowest BCUT2D eigenvalue weighted by atomic mass is 10.1. The van der Waals surface area contributed by atoms with Gasteiger partial charge < -0.3 is 42.9 Å². The van der Waals surface area contributed by atoms with Gasteiger partial charge in [-0.2, -0.15) is 0 Å². The first-order valence-corrected chi connectivity index (χ1v) is 17.1. The number of rotatable bonds is 31. The normalized spacial score (nSPS) is 11.8. The van der Waals surface area contributed by atoms with Crippen LogP contribution in [0.1, 0.15) is 70.6 Å². The Balaban J connectivity index is 3.41. The van der Waals surface area contributed by atoms with E-state index in [2.05, 4.69) is 10.6 Å². The fourth-order valence-electron chi connectivity index (χ4n) is 3.97. The zero-order valence-corrected chi connectivity index (χ0v) is 27.2. The second-order valence-corrected chi connectivity index (χ2v) is 12.7. The SMILES string of the molecule is COCCOCCOCCOCCNC(=O)/C=C/CCCCCCCCCCC(=O)NCCC[Si](OC)(OC)OC. The van der Waals surface area contributed by atoms with E-state index in [9.17, 15) is 9.59 Å². The number of carbonyl (C=O) groups excluding carboxylic acids is 2. The molecular weight excluding hydrogens is 548 g/mol. The number of ether oxygens (including phenoxy) is 4. The summed E-state index contributed by atoms with van der Waals surface area (Å²) in [4.78, 5) is 23.8. The Morgan fingerprint density at radius 1 is 0.610 bits per heavy atom. The standard InChI is InChI=1S/C29H58N2O9Si/c1-34-21-22-39-25-26-40-24-23-38-20-19-31-29(33)17-14-12-10-8-6-5-7-9-11-13-16-28(32)30-18-15-27-41(35-2,36-3)37-4/h14,17H,5-13,15-16,18-27H2,1-4H3,(H,30,32)(H,31,33)/b17-14+. The lowest BCUT2D eigenvalue weighted by molar-refractivity contribution is -0.121. The average molecular weight is 607 g/mol. The highest BCUT2D eigenvalue weighted by molar-refractivity contribution is 6.60. The van der Waals surface area contributed by atoms with Crippen molar-refractivity contribution in [1.82, 2.24) is 10.6 Å². The van der Waals surface area contributed by atoms with E-state index in [0.717, 1.165) is 38.5 Å². The highest BCUT2D eigenvalue weighted by atomic mass is 28.4. The van der Waals surface area contributed by atoms with E-state index >= 15 is 0 Å². The predicted molar refractivity (Wildman–Crippen MR) is 162 cm³/mol. The molecule has 0 aliphatic rings. The molecule has 41 heavy (non-hydrogen) atoms. The van der Waals surface area contributed by atoms with Crippen LogP contribution >= 0.6 is 0 Å². The van der Waals surface area contributed by atoms with E-state index in [4.69, 9.17) is 32.2 Å². The van der Waals surface area contributed by atoms with Crippen LogP contribution in [0.2, 0.25) is 6.04 Å². The zero-order valence-electron chi connectivity index (χ0n) is 26.2. The van der Waals surface area contributed by atoms with Crippen molar-refractivity contribution in [2.45, 2.75) is 76.7 Å². The number of hydrogen-bond acceptors (Lipinski definition) is 9. The Hall–Kier alpha value is -1.38. The second kappa shape index (κ2) is 30.1. The van der Waals surface area contributed by atoms with E-state index < -0.39 is 8.80 Å². The summed E-state index contributed by atoms with van der Waals surface area (Å²) in [5.41, 5.74) is 0. The number of amides is 2. The minimum atomic E-state index is -2.55. The molecule has 0 aromatic rings. The molecule has 0 aliphatic carbocycles. The Labute approximate surface area is 249 Å². The molecule has 0 radical (unpaired) electrons. The minimum absolute atomic E-state index is 0.0845. The fraction of sp³-hybridized carbons (Fsp3) is 0.862. The van der Waals surface area contributed by atoms with Crippen molar-refractivity contribution in [1.29, 1.82) is 0 Å². The molecule has 0 fully saturated rings. The Kier molecular flexibility index (Phi) is 29.1. The monoisotopic (exact) mass is 606 g/mol. The van der Waals surface area contributed by atoms with E-state index in [1.807, 2.05) is 6.08 Å². The lowest BCUT2D eigenvalue weighted by Gasteiger charge is -2.24. The topological polar surface area (TPSA) is 123 Å².